The molecule has 0 spiro atoms. The Kier molecular flexibility index (Phi) is 4.07. The van der Waals surface area contributed by atoms with E-state index in [2.05, 4.69) is 20.9 Å². The fourth-order valence-corrected chi connectivity index (χ4v) is 1.64. The van der Waals surface area contributed by atoms with Crippen molar-refractivity contribution in [2.45, 2.75) is 18.5 Å². The number of carboxylic acid groups (broad SMARTS) is 1. The summed E-state index contributed by atoms with van der Waals surface area (Å²) in [5.74, 6) is -1.81. The van der Waals surface area contributed by atoms with Gasteiger partial charge in [0.25, 0.3) is 5.91 Å². The lowest BCUT2D eigenvalue weighted by Gasteiger charge is -2.26. The van der Waals surface area contributed by atoms with Crippen LogP contribution in [-0.4, -0.2) is 62.8 Å². The number of carbonyl (C=O) groups excluding carboxylic acids is 1. The van der Waals surface area contributed by atoms with Crippen molar-refractivity contribution >= 4 is 11.9 Å². The molecule has 0 aliphatic carbocycles. The van der Waals surface area contributed by atoms with Crippen LogP contribution < -0.4 is 10.6 Å². The normalized spacial score (nSPS) is 16.7. The maximum atomic E-state index is 11.8. The third-order valence-electron chi connectivity index (χ3n) is 2.90. The molecule has 2 heterocycles. The first-order valence-corrected chi connectivity index (χ1v) is 5.89. The predicted molar refractivity (Wildman–Crippen MR) is 62.5 cm³/mol. The molecule has 1 fully saturated rings. The van der Waals surface area contributed by atoms with Crippen LogP contribution in [0.2, 0.25) is 0 Å². The molecule has 1 amide bonds. The molecule has 9 heteroatoms. The first-order chi connectivity index (χ1) is 9.11. The fraction of sp³-hybridized carbons (Fsp3) is 0.600. The quantitative estimate of drug-likeness (QED) is 0.469. The van der Waals surface area contributed by atoms with Crippen LogP contribution in [0.25, 0.3) is 0 Å². The molecule has 104 valence electrons. The molecule has 1 aliphatic heterocycles. The minimum Gasteiger partial charge on any atom is -0.480 e. The zero-order valence-corrected chi connectivity index (χ0v) is 10.1. The number of aliphatic hydroxyl groups excluding tert-OH is 1. The van der Waals surface area contributed by atoms with Crippen molar-refractivity contribution in [2.75, 3.05) is 19.7 Å². The number of nitrogens with zero attached hydrogens (tertiary/aromatic N) is 3. The zero-order valence-electron chi connectivity index (χ0n) is 10.1. The second-order valence-electron chi connectivity index (χ2n) is 4.27. The molecule has 9 nitrogen and oxygen atoms in total. The first-order valence-electron chi connectivity index (χ1n) is 5.89. The maximum Gasteiger partial charge on any atom is 0.326 e. The topological polar surface area (TPSA) is 129 Å². The van der Waals surface area contributed by atoms with Crippen LogP contribution in [0.1, 0.15) is 23.0 Å². The van der Waals surface area contributed by atoms with E-state index < -0.39 is 17.9 Å². The molecule has 19 heavy (non-hydrogen) atoms. The molecule has 1 saturated heterocycles. The third-order valence-corrected chi connectivity index (χ3v) is 2.90. The Balaban J connectivity index is 1.98. The first kappa shape index (κ1) is 13.4. The Morgan fingerprint density at radius 1 is 1.58 bits per heavy atom. The number of aliphatic carboxylic acids is 1. The van der Waals surface area contributed by atoms with Crippen molar-refractivity contribution in [1.29, 1.82) is 0 Å². The molecule has 0 bridgehead atoms. The molecular weight excluding hydrogens is 254 g/mol. The summed E-state index contributed by atoms with van der Waals surface area (Å²) in [6.07, 6.45) is 1.43. The van der Waals surface area contributed by atoms with Crippen LogP contribution >= 0.6 is 0 Å². The lowest BCUT2D eigenvalue weighted by molar-refractivity contribution is -0.139. The molecule has 1 atom stereocenters. The number of nitrogens with one attached hydrogen (secondary N) is 2. The summed E-state index contributed by atoms with van der Waals surface area (Å²) >= 11 is 0. The Hall–Kier alpha value is -2.00. The summed E-state index contributed by atoms with van der Waals surface area (Å²) in [5.41, 5.74) is 0.0658. The number of carbonyl (C=O) groups is 2. The highest BCUT2D eigenvalue weighted by Gasteiger charge is 2.24. The molecule has 0 aromatic carbocycles. The lowest BCUT2D eigenvalue weighted by atomic mass is 10.2. The van der Waals surface area contributed by atoms with Crippen LogP contribution in [0.3, 0.4) is 0 Å². The molecular formula is C10H15N5O4. The van der Waals surface area contributed by atoms with Gasteiger partial charge in [-0.05, 0) is 0 Å². The number of rotatable bonds is 6. The number of aromatic nitrogens is 3. The van der Waals surface area contributed by atoms with Gasteiger partial charge in [0.15, 0.2) is 5.69 Å². The van der Waals surface area contributed by atoms with Gasteiger partial charge in [-0.15, -0.1) is 5.10 Å². The molecule has 1 unspecified atom stereocenters. The molecule has 1 aromatic rings. The Bertz CT molecular complexity index is 470. The van der Waals surface area contributed by atoms with E-state index in [4.69, 9.17) is 10.2 Å². The highest BCUT2D eigenvalue weighted by molar-refractivity contribution is 5.94. The van der Waals surface area contributed by atoms with Gasteiger partial charge in [-0.3, -0.25) is 4.79 Å². The lowest BCUT2D eigenvalue weighted by Crippen LogP contribution is -2.43. The van der Waals surface area contributed by atoms with Crippen LogP contribution in [0.15, 0.2) is 6.20 Å². The molecule has 1 aromatic heterocycles. The number of aliphatic hydroxyl groups is 1. The fourth-order valence-electron chi connectivity index (χ4n) is 1.64. The number of hydrogen-bond acceptors (Lipinski definition) is 6. The van der Waals surface area contributed by atoms with Crippen molar-refractivity contribution in [3.63, 3.8) is 0 Å². The van der Waals surface area contributed by atoms with E-state index in [0.29, 0.717) is 0 Å². The summed E-state index contributed by atoms with van der Waals surface area (Å²) < 4.78 is 1.58. The number of amides is 1. The van der Waals surface area contributed by atoms with Gasteiger partial charge in [0.1, 0.15) is 6.04 Å². The maximum absolute atomic E-state index is 11.8. The van der Waals surface area contributed by atoms with Crippen molar-refractivity contribution in [1.82, 2.24) is 25.6 Å². The standard InChI is InChI=1S/C10H15N5O4/c16-2-1-7(10(18)19)12-9(17)8-5-15(14-13-8)6-3-11-4-6/h5-7,11,16H,1-4H2,(H,12,17)(H,18,19). The van der Waals surface area contributed by atoms with E-state index >= 15 is 0 Å². The monoisotopic (exact) mass is 269 g/mol. The predicted octanol–water partition coefficient (Wildman–Crippen LogP) is -2.01. The summed E-state index contributed by atoms with van der Waals surface area (Å²) in [4.78, 5) is 22.6. The van der Waals surface area contributed by atoms with E-state index in [9.17, 15) is 9.59 Å². The second kappa shape index (κ2) is 5.76. The van der Waals surface area contributed by atoms with Crippen LogP contribution in [0.5, 0.6) is 0 Å². The summed E-state index contributed by atoms with van der Waals surface area (Å²) in [6.45, 7) is 1.22. The van der Waals surface area contributed by atoms with Gasteiger partial charge in [0.2, 0.25) is 0 Å². The second-order valence-corrected chi connectivity index (χ2v) is 4.27. The van der Waals surface area contributed by atoms with Crippen molar-refractivity contribution in [2.24, 2.45) is 0 Å². The number of carboxylic acids is 1. The molecule has 1 aliphatic rings. The van der Waals surface area contributed by atoms with Crippen molar-refractivity contribution in [3.05, 3.63) is 11.9 Å². The molecule has 2 rings (SSSR count). The van der Waals surface area contributed by atoms with Crippen LogP contribution in [0.4, 0.5) is 0 Å². The highest BCUT2D eigenvalue weighted by Crippen LogP contribution is 2.09. The van der Waals surface area contributed by atoms with E-state index in [1.165, 1.54) is 6.20 Å². The van der Waals surface area contributed by atoms with E-state index in [1.807, 2.05) is 0 Å². The highest BCUT2D eigenvalue weighted by atomic mass is 16.4. The van der Waals surface area contributed by atoms with Crippen LogP contribution in [-0.2, 0) is 4.79 Å². The van der Waals surface area contributed by atoms with E-state index in [1.54, 1.807) is 4.68 Å². The zero-order chi connectivity index (χ0) is 13.8. The minimum absolute atomic E-state index is 0.0538. The van der Waals surface area contributed by atoms with Crippen molar-refractivity contribution in [3.8, 4) is 0 Å². The van der Waals surface area contributed by atoms with Gasteiger partial charge in [-0.25, -0.2) is 9.48 Å². The largest absolute Gasteiger partial charge is 0.480 e. The summed E-state index contributed by atoms with van der Waals surface area (Å²) in [6, 6.07) is -0.949. The number of hydrogen-bond donors (Lipinski definition) is 4. The molecule has 4 N–H and O–H groups in total. The Morgan fingerprint density at radius 3 is 2.84 bits per heavy atom. The average molecular weight is 269 g/mol. The van der Waals surface area contributed by atoms with E-state index in [-0.39, 0.29) is 24.8 Å². The van der Waals surface area contributed by atoms with Gasteiger partial charge >= 0.3 is 5.97 Å². The summed E-state index contributed by atoms with van der Waals surface area (Å²) in [5, 5.41) is 30.5. The van der Waals surface area contributed by atoms with Gasteiger partial charge in [-0.2, -0.15) is 0 Å². The van der Waals surface area contributed by atoms with Crippen molar-refractivity contribution < 1.29 is 19.8 Å². The average Bonchev–Trinajstić information content (AvgIpc) is 2.75. The minimum atomic E-state index is -1.20. The Labute approximate surface area is 108 Å². The SMILES string of the molecule is O=C(NC(CCO)C(=O)O)c1cn(C2CNC2)nn1. The van der Waals surface area contributed by atoms with Gasteiger partial charge in [-0.1, -0.05) is 5.21 Å². The Morgan fingerprint density at radius 2 is 2.32 bits per heavy atom. The molecule has 0 radical (unpaired) electrons. The van der Waals surface area contributed by atoms with Gasteiger partial charge in [0.05, 0.1) is 12.2 Å². The van der Waals surface area contributed by atoms with Gasteiger partial charge < -0.3 is 20.8 Å². The summed E-state index contributed by atoms with van der Waals surface area (Å²) in [7, 11) is 0. The smallest absolute Gasteiger partial charge is 0.326 e. The van der Waals surface area contributed by atoms with E-state index in [0.717, 1.165) is 13.1 Å². The third kappa shape index (κ3) is 3.06. The van der Waals surface area contributed by atoms with Crippen LogP contribution in [0, 0.1) is 0 Å². The van der Waals surface area contributed by atoms with Gasteiger partial charge in [0, 0.05) is 26.1 Å². The molecule has 0 saturated carbocycles.